The Balaban J connectivity index is 0.000000471. The molecule has 0 unspecified atom stereocenters. The van der Waals surface area contributed by atoms with Gasteiger partial charge in [-0.15, -0.1) is 0 Å². The fourth-order valence-corrected chi connectivity index (χ4v) is 3.40. The number of halogens is 1. The summed E-state index contributed by atoms with van der Waals surface area (Å²) >= 11 is 0. The van der Waals surface area contributed by atoms with E-state index in [0.29, 0.717) is 0 Å². The van der Waals surface area contributed by atoms with Crippen molar-refractivity contribution in [2.24, 2.45) is 0 Å². The van der Waals surface area contributed by atoms with Crippen molar-refractivity contribution in [3.63, 3.8) is 0 Å². The van der Waals surface area contributed by atoms with E-state index in [1.54, 1.807) is 5.57 Å². The summed E-state index contributed by atoms with van der Waals surface area (Å²) in [6.07, 6.45) is 3.73. The third kappa shape index (κ3) is 3.63. The van der Waals surface area contributed by atoms with E-state index in [2.05, 4.69) is 64.3 Å². The Morgan fingerprint density at radius 1 is 1.00 bits per heavy atom. The largest absolute Gasteiger partial charge is 0.357 e. The van der Waals surface area contributed by atoms with Crippen LogP contribution >= 0.6 is 0 Å². The molecule has 4 nitrogen and oxygen atoms in total. The lowest BCUT2D eigenvalue weighted by molar-refractivity contribution is -1.73. The summed E-state index contributed by atoms with van der Waals surface area (Å²) < 4.78 is 26.1. The van der Waals surface area contributed by atoms with Crippen molar-refractivity contribution in [2.75, 3.05) is 14.1 Å². The lowest BCUT2D eigenvalue weighted by Gasteiger charge is -2.26. The van der Waals surface area contributed by atoms with Gasteiger partial charge in [-0.1, -0.05) is 37.6 Å². The lowest BCUT2D eigenvalue weighted by atomic mass is 9.95. The van der Waals surface area contributed by atoms with Crippen molar-refractivity contribution in [1.82, 2.24) is 4.48 Å². The molecule has 0 radical (unpaired) electrons. The first-order chi connectivity index (χ1) is 11.3. The highest BCUT2D eigenvalue weighted by Gasteiger charge is 2.37. The molecule has 0 bridgehead atoms. The predicted octanol–water partition coefficient (Wildman–Crippen LogP) is 1.77. The first-order valence-corrected chi connectivity index (χ1v) is 9.03. The minimum atomic E-state index is -2.85. The average molecular weight is 350 g/mol. The molecule has 0 fully saturated rings. The number of hydrogen-bond acceptors (Lipinski definition) is 3. The molecule has 0 saturated heterocycles. The number of hydrogen-bond donors (Lipinski definition) is 0. The number of nitrogens with zero attached hydrogens (tertiary/aromatic N) is 1. The van der Waals surface area contributed by atoms with Crippen molar-refractivity contribution in [3.8, 4) is 0 Å². The van der Waals surface area contributed by atoms with Gasteiger partial charge in [-0.25, -0.2) is 0 Å². The van der Waals surface area contributed by atoms with Gasteiger partial charge < -0.3 is 14.0 Å². The number of benzene rings is 2. The van der Waals surface area contributed by atoms with Crippen molar-refractivity contribution in [3.05, 3.63) is 47.7 Å². The van der Waals surface area contributed by atoms with Crippen molar-refractivity contribution in [1.29, 1.82) is 0 Å². The molecule has 0 saturated carbocycles. The quantitative estimate of drug-likeness (QED) is 0.793. The van der Waals surface area contributed by atoms with E-state index < -0.39 is 10.8 Å². The summed E-state index contributed by atoms with van der Waals surface area (Å²) in [5, 5.41) is 2.77. The SMILES string of the molecule is CCCCC1=C(C)[N+](C)(C)c2ccc3ccccc3c21.[O-][Cl+2]([O-])[O-]. The topological polar surface area (TPSA) is 69.2 Å². The molecule has 1 aliphatic rings. The monoisotopic (exact) mass is 349 g/mol. The van der Waals surface area contributed by atoms with Crippen LogP contribution in [0.2, 0.25) is 0 Å². The zero-order valence-electron chi connectivity index (χ0n) is 14.6. The van der Waals surface area contributed by atoms with Gasteiger partial charge in [0.25, 0.3) is 0 Å². The third-order valence-corrected chi connectivity index (χ3v) is 4.87. The number of quaternary nitrogens is 1. The van der Waals surface area contributed by atoms with Crippen molar-refractivity contribution in [2.45, 2.75) is 33.1 Å². The molecule has 2 aromatic carbocycles. The molecule has 1 aliphatic heterocycles. The molecule has 0 amide bonds. The van der Waals surface area contributed by atoms with Gasteiger partial charge in [-0.2, -0.15) is 0 Å². The molecular weight excluding hydrogens is 326 g/mol. The molecule has 130 valence electrons. The fourth-order valence-electron chi connectivity index (χ4n) is 3.40. The van der Waals surface area contributed by atoms with E-state index in [1.165, 1.54) is 47.0 Å². The maximum Gasteiger partial charge on any atom is 0.145 e. The van der Waals surface area contributed by atoms with Crippen LogP contribution in [0.4, 0.5) is 5.69 Å². The number of fused-ring (bicyclic) bond motifs is 3. The number of rotatable bonds is 3. The molecule has 1 heterocycles. The molecule has 0 aliphatic carbocycles. The fraction of sp³-hybridized carbons (Fsp3) is 0.368. The normalized spacial score (nSPS) is 15.5. The van der Waals surface area contributed by atoms with E-state index in [4.69, 9.17) is 14.0 Å². The van der Waals surface area contributed by atoms with Crippen LogP contribution in [0.5, 0.6) is 0 Å². The highest BCUT2D eigenvalue weighted by atomic mass is 35.6. The Hall–Kier alpha value is -1.43. The Kier molecular flexibility index (Phi) is 6.01. The van der Waals surface area contributed by atoms with E-state index >= 15 is 0 Å². The number of unbranched alkanes of at least 4 members (excludes halogenated alkanes) is 1. The predicted molar refractivity (Wildman–Crippen MR) is 89.7 cm³/mol. The zero-order chi connectivity index (χ0) is 17.9. The van der Waals surface area contributed by atoms with Crippen LogP contribution in [0.1, 0.15) is 38.7 Å². The van der Waals surface area contributed by atoms with Crippen LogP contribution in [-0.4, -0.2) is 14.1 Å². The van der Waals surface area contributed by atoms with Gasteiger partial charge in [0.05, 0.1) is 30.4 Å². The first-order valence-electron chi connectivity index (χ1n) is 8.10. The van der Waals surface area contributed by atoms with Gasteiger partial charge >= 0.3 is 0 Å². The van der Waals surface area contributed by atoms with Crippen LogP contribution < -0.4 is 18.5 Å². The van der Waals surface area contributed by atoms with E-state index in [-0.39, 0.29) is 0 Å². The van der Waals surface area contributed by atoms with E-state index in [9.17, 15) is 0 Å². The first kappa shape index (κ1) is 18.9. The average Bonchev–Trinajstić information content (AvgIpc) is 2.72. The molecule has 0 spiro atoms. The Bertz CT molecular complexity index is 751. The lowest BCUT2D eigenvalue weighted by Crippen LogP contribution is -2.42. The molecule has 2 aromatic rings. The van der Waals surface area contributed by atoms with Gasteiger partial charge in [0.1, 0.15) is 11.4 Å². The van der Waals surface area contributed by atoms with Crippen LogP contribution in [0.3, 0.4) is 0 Å². The Labute approximate surface area is 146 Å². The summed E-state index contributed by atoms with van der Waals surface area (Å²) in [6.45, 7) is 4.58. The minimum absolute atomic E-state index is 0.902. The van der Waals surface area contributed by atoms with E-state index in [0.717, 1.165) is 4.48 Å². The second-order valence-electron chi connectivity index (χ2n) is 6.49. The minimum Gasteiger partial charge on any atom is -0.357 e. The maximum atomic E-state index is 8.41. The highest BCUT2D eigenvalue weighted by molar-refractivity contribution is 6.02. The molecule has 0 atom stereocenters. The van der Waals surface area contributed by atoms with Crippen LogP contribution in [-0.2, 0) is 0 Å². The summed E-state index contributed by atoms with van der Waals surface area (Å²) in [5.41, 5.74) is 6.03. The third-order valence-electron chi connectivity index (χ3n) is 4.87. The van der Waals surface area contributed by atoms with Crippen LogP contribution in [0, 0.1) is 10.8 Å². The van der Waals surface area contributed by atoms with Crippen molar-refractivity contribution >= 4 is 22.0 Å². The standard InChI is InChI=1S/C19H24N.ClO3/c1-5-6-10-16-14(2)20(3,4)18-13-12-15-9-7-8-11-17(15)19(16)18;2-1(3)4/h7-9,11-13H,5-6,10H2,1-4H3;/q+1;-1. The molecule has 0 aromatic heterocycles. The van der Waals surface area contributed by atoms with Gasteiger partial charge in [0.15, 0.2) is 0 Å². The summed E-state index contributed by atoms with van der Waals surface area (Å²) in [6, 6.07) is 13.4. The molecule has 24 heavy (non-hydrogen) atoms. The maximum absolute atomic E-state index is 8.41. The Morgan fingerprint density at radius 2 is 1.62 bits per heavy atom. The molecule has 3 rings (SSSR count). The van der Waals surface area contributed by atoms with E-state index in [1.807, 2.05) is 0 Å². The molecular formula is C19H24ClNO3. The smallest absolute Gasteiger partial charge is 0.145 e. The van der Waals surface area contributed by atoms with Gasteiger partial charge in [0.2, 0.25) is 0 Å². The molecule has 0 N–H and O–H groups in total. The summed E-state index contributed by atoms with van der Waals surface area (Å²) in [7, 11) is 1.76. The second kappa shape index (κ2) is 7.64. The number of allylic oxidation sites excluding steroid dienone is 2. The van der Waals surface area contributed by atoms with Crippen LogP contribution in [0.25, 0.3) is 16.3 Å². The van der Waals surface area contributed by atoms with Gasteiger partial charge in [-0.3, -0.25) is 4.48 Å². The van der Waals surface area contributed by atoms with Gasteiger partial charge in [-0.05, 0) is 29.7 Å². The van der Waals surface area contributed by atoms with Crippen LogP contribution in [0.15, 0.2) is 42.1 Å². The summed E-state index contributed by atoms with van der Waals surface area (Å²) in [4.78, 5) is 0. The van der Waals surface area contributed by atoms with Crippen molar-refractivity contribution < 1.29 is 24.8 Å². The second-order valence-corrected chi connectivity index (χ2v) is 6.87. The summed E-state index contributed by atoms with van der Waals surface area (Å²) in [5.74, 6) is 0. The van der Waals surface area contributed by atoms with Gasteiger partial charge in [0, 0.05) is 18.6 Å². The highest BCUT2D eigenvalue weighted by Crippen LogP contribution is 2.47. The molecule has 5 heteroatoms. The Morgan fingerprint density at radius 3 is 2.25 bits per heavy atom. The zero-order valence-corrected chi connectivity index (χ0v) is 15.4.